The number of nitrogens with zero attached hydrogens (tertiary/aromatic N) is 2. The second-order valence-electron chi connectivity index (χ2n) is 8.27. The van der Waals surface area contributed by atoms with Gasteiger partial charge in [-0.1, -0.05) is 47.6 Å². The van der Waals surface area contributed by atoms with E-state index in [1.165, 1.54) is 37.3 Å². The second-order valence-corrected chi connectivity index (χ2v) is 8.27. The molecule has 0 bridgehead atoms. The molecule has 1 atom stereocenters. The first kappa shape index (κ1) is 28.1. The smallest absolute Gasteiger partial charge is 0.414 e. The van der Waals surface area contributed by atoms with Gasteiger partial charge in [0.1, 0.15) is 12.3 Å². The number of aromatic nitrogens is 1. The molecule has 3 amide bonds. The van der Waals surface area contributed by atoms with E-state index >= 15 is 0 Å². The quantitative estimate of drug-likeness (QED) is 0.344. The van der Waals surface area contributed by atoms with Gasteiger partial charge in [0.25, 0.3) is 0 Å². The highest BCUT2D eigenvalue weighted by Gasteiger charge is 2.23. The highest BCUT2D eigenvalue weighted by molar-refractivity contribution is 5.83. The molecule has 0 aliphatic carbocycles. The standard InChI is InChI=1S/C26H28F2N4O6/c1-32(25(34)29-15-18-10-6-12-20(27)24(18)28)19(11-7-13-23(33)36-2)16-37-26(35)30-22-14-21(31-38-22)17-8-4-3-5-9-17/h3-6,8-10,12,14,19H,7,11,13,15-16H2,1-2H3,(H,29,34)(H,30,35)/t19-/m0/s1. The minimum Gasteiger partial charge on any atom is -0.469 e. The predicted octanol–water partition coefficient (Wildman–Crippen LogP) is 4.72. The SMILES string of the molecule is COC(=O)CCC[C@@H](COC(=O)Nc1cc(-c2ccccc2)no1)N(C)C(=O)NCc1cccc(F)c1F. The number of benzene rings is 2. The average Bonchev–Trinajstić information content (AvgIpc) is 3.39. The zero-order chi connectivity index (χ0) is 27.5. The zero-order valence-electron chi connectivity index (χ0n) is 20.9. The van der Waals surface area contributed by atoms with E-state index in [0.29, 0.717) is 18.5 Å². The van der Waals surface area contributed by atoms with Gasteiger partial charge >= 0.3 is 18.1 Å². The molecule has 12 heteroatoms. The van der Waals surface area contributed by atoms with E-state index in [2.05, 4.69) is 20.5 Å². The van der Waals surface area contributed by atoms with Gasteiger partial charge in [0.2, 0.25) is 5.88 Å². The van der Waals surface area contributed by atoms with Crippen LogP contribution in [0.4, 0.5) is 24.3 Å². The number of carbonyl (C=O) groups excluding carboxylic acids is 3. The van der Waals surface area contributed by atoms with E-state index in [4.69, 9.17) is 9.26 Å². The van der Waals surface area contributed by atoms with E-state index in [9.17, 15) is 23.2 Å². The Hall–Kier alpha value is -4.48. The molecule has 0 fully saturated rings. The number of esters is 1. The number of urea groups is 1. The van der Waals surface area contributed by atoms with Crippen LogP contribution in [0.1, 0.15) is 24.8 Å². The Kier molecular flexibility index (Phi) is 10.1. The molecule has 0 saturated heterocycles. The summed E-state index contributed by atoms with van der Waals surface area (Å²) in [6, 6.07) is 13.2. The van der Waals surface area contributed by atoms with Crippen LogP contribution in [0.2, 0.25) is 0 Å². The third kappa shape index (κ3) is 8.02. The summed E-state index contributed by atoms with van der Waals surface area (Å²) < 4.78 is 42.4. The molecular weight excluding hydrogens is 502 g/mol. The molecule has 3 aromatic rings. The van der Waals surface area contributed by atoms with Crippen molar-refractivity contribution in [1.29, 1.82) is 0 Å². The van der Waals surface area contributed by atoms with E-state index < -0.39 is 35.8 Å². The number of amides is 3. The summed E-state index contributed by atoms with van der Waals surface area (Å²) in [6.07, 6.45) is -0.0969. The summed E-state index contributed by atoms with van der Waals surface area (Å²) in [5, 5.41) is 8.86. The van der Waals surface area contributed by atoms with Crippen molar-refractivity contribution in [2.24, 2.45) is 0 Å². The molecule has 1 heterocycles. The molecule has 0 radical (unpaired) electrons. The number of methoxy groups -OCH3 is 1. The van der Waals surface area contributed by atoms with Crippen molar-refractivity contribution in [3.63, 3.8) is 0 Å². The lowest BCUT2D eigenvalue weighted by molar-refractivity contribution is -0.140. The van der Waals surface area contributed by atoms with E-state index in [1.807, 2.05) is 30.3 Å². The van der Waals surface area contributed by atoms with Crippen molar-refractivity contribution in [3.8, 4) is 11.3 Å². The molecular formula is C26H28F2N4O6. The zero-order valence-corrected chi connectivity index (χ0v) is 20.9. The minimum absolute atomic E-state index is 0.0217. The fourth-order valence-electron chi connectivity index (χ4n) is 3.51. The molecule has 0 unspecified atom stereocenters. The van der Waals surface area contributed by atoms with Gasteiger partial charge in [0.05, 0.1) is 13.2 Å². The van der Waals surface area contributed by atoms with E-state index in [1.54, 1.807) is 0 Å². The number of rotatable bonds is 11. The highest BCUT2D eigenvalue weighted by atomic mass is 19.2. The molecule has 38 heavy (non-hydrogen) atoms. The van der Waals surface area contributed by atoms with E-state index in [-0.39, 0.29) is 31.0 Å². The van der Waals surface area contributed by atoms with Gasteiger partial charge in [-0.05, 0) is 18.9 Å². The van der Waals surface area contributed by atoms with E-state index in [0.717, 1.165) is 11.6 Å². The first-order valence-corrected chi connectivity index (χ1v) is 11.7. The maximum Gasteiger partial charge on any atom is 0.414 e. The summed E-state index contributed by atoms with van der Waals surface area (Å²) in [7, 11) is 2.73. The van der Waals surface area contributed by atoms with Crippen molar-refractivity contribution in [2.45, 2.75) is 31.8 Å². The Labute approximate surface area is 217 Å². The van der Waals surface area contributed by atoms with Crippen LogP contribution in [0, 0.1) is 11.6 Å². The van der Waals surface area contributed by atoms with Crippen LogP contribution in [0.15, 0.2) is 59.1 Å². The number of hydrogen-bond acceptors (Lipinski definition) is 7. The summed E-state index contributed by atoms with van der Waals surface area (Å²) in [4.78, 5) is 37.8. The maximum atomic E-state index is 13.9. The van der Waals surface area contributed by atoms with Gasteiger partial charge < -0.3 is 24.2 Å². The summed E-state index contributed by atoms with van der Waals surface area (Å²) in [5.74, 6) is -2.42. The van der Waals surface area contributed by atoms with Crippen LogP contribution in [0.3, 0.4) is 0 Å². The molecule has 0 aliphatic rings. The summed E-state index contributed by atoms with van der Waals surface area (Å²) >= 11 is 0. The van der Waals surface area contributed by atoms with Crippen molar-refractivity contribution < 1.29 is 37.2 Å². The van der Waals surface area contributed by atoms with Crippen molar-refractivity contribution in [2.75, 3.05) is 26.1 Å². The van der Waals surface area contributed by atoms with Crippen LogP contribution in [0.25, 0.3) is 11.3 Å². The largest absolute Gasteiger partial charge is 0.469 e. The normalized spacial score (nSPS) is 11.4. The van der Waals surface area contributed by atoms with Gasteiger partial charge in [-0.15, -0.1) is 0 Å². The van der Waals surface area contributed by atoms with Crippen molar-refractivity contribution in [3.05, 3.63) is 71.8 Å². The average molecular weight is 531 g/mol. The summed E-state index contributed by atoms with van der Waals surface area (Å²) in [6.45, 7) is -0.469. The third-order valence-electron chi connectivity index (χ3n) is 5.69. The molecule has 202 valence electrons. The number of carbonyl (C=O) groups is 3. The number of anilines is 1. The van der Waals surface area contributed by atoms with Gasteiger partial charge in [-0.3, -0.25) is 10.1 Å². The van der Waals surface area contributed by atoms with Gasteiger partial charge in [-0.25, -0.2) is 18.4 Å². The molecule has 2 N–H and O–H groups in total. The van der Waals surface area contributed by atoms with Crippen LogP contribution < -0.4 is 10.6 Å². The predicted molar refractivity (Wildman–Crippen MR) is 133 cm³/mol. The Morgan fingerprint density at radius 1 is 1.11 bits per heavy atom. The van der Waals surface area contributed by atoms with Crippen LogP contribution in [-0.2, 0) is 20.8 Å². The first-order valence-electron chi connectivity index (χ1n) is 11.7. The number of halogens is 2. The van der Waals surface area contributed by atoms with Gasteiger partial charge in [0.15, 0.2) is 11.6 Å². The van der Waals surface area contributed by atoms with Gasteiger partial charge in [-0.2, -0.15) is 0 Å². The van der Waals surface area contributed by atoms with Crippen molar-refractivity contribution >= 4 is 24.0 Å². The molecule has 3 rings (SSSR count). The minimum atomic E-state index is -1.05. The monoisotopic (exact) mass is 530 g/mol. The van der Waals surface area contributed by atoms with Gasteiger partial charge in [0, 0.05) is 37.2 Å². The number of hydrogen-bond donors (Lipinski definition) is 2. The lowest BCUT2D eigenvalue weighted by Crippen LogP contribution is -2.46. The molecule has 10 nitrogen and oxygen atoms in total. The maximum absolute atomic E-state index is 13.9. The first-order chi connectivity index (χ1) is 18.3. The number of likely N-dealkylation sites (N-methyl/N-ethyl adjacent to an activating group) is 1. The highest BCUT2D eigenvalue weighted by Crippen LogP contribution is 2.21. The topological polar surface area (TPSA) is 123 Å². The lowest BCUT2D eigenvalue weighted by Gasteiger charge is -2.28. The molecule has 2 aromatic carbocycles. The number of ether oxygens (including phenoxy) is 2. The second kappa shape index (κ2) is 13.7. The molecule has 1 aromatic heterocycles. The van der Waals surface area contributed by atoms with Crippen molar-refractivity contribution in [1.82, 2.24) is 15.4 Å². The fourth-order valence-corrected chi connectivity index (χ4v) is 3.51. The summed E-state index contributed by atoms with van der Waals surface area (Å²) in [5.41, 5.74) is 1.30. The Balaban J connectivity index is 1.57. The number of nitrogens with one attached hydrogen (secondary N) is 2. The molecule has 0 aliphatic heterocycles. The van der Waals surface area contributed by atoms with Crippen LogP contribution in [0.5, 0.6) is 0 Å². The Bertz CT molecular complexity index is 1240. The van der Waals surface area contributed by atoms with Crippen LogP contribution in [-0.4, -0.2) is 55.0 Å². The van der Waals surface area contributed by atoms with Crippen LogP contribution >= 0.6 is 0 Å². The lowest BCUT2D eigenvalue weighted by atomic mass is 10.1. The molecule has 0 spiro atoms. The third-order valence-corrected chi connectivity index (χ3v) is 5.69. The Morgan fingerprint density at radius 3 is 2.61 bits per heavy atom. The Morgan fingerprint density at radius 2 is 1.87 bits per heavy atom. The fraction of sp³-hybridized carbons (Fsp3) is 0.308. The molecule has 0 saturated carbocycles.